The fraction of sp³-hybridized carbons (Fsp3) is 0.385. The molecule has 1 N–H and O–H groups in total. The number of carbonyl (C=O) groups is 1. The van der Waals surface area contributed by atoms with Gasteiger partial charge in [0.2, 0.25) is 0 Å². The molecule has 2 heterocycles. The van der Waals surface area contributed by atoms with Gasteiger partial charge in [0.05, 0.1) is 17.3 Å². The Balaban J connectivity index is 2.26. The molecule has 0 aliphatic heterocycles. The molecule has 2 aromatic rings. The van der Waals surface area contributed by atoms with Gasteiger partial charge in [0.1, 0.15) is 0 Å². The van der Waals surface area contributed by atoms with Gasteiger partial charge in [0.15, 0.2) is 0 Å². The monoisotopic (exact) mass is 247 g/mol. The van der Waals surface area contributed by atoms with Gasteiger partial charge in [-0.2, -0.15) is 5.10 Å². The van der Waals surface area contributed by atoms with Crippen molar-refractivity contribution in [2.75, 3.05) is 19.7 Å². The maximum absolute atomic E-state index is 12.3. The van der Waals surface area contributed by atoms with Crippen LogP contribution < -0.4 is 0 Å². The van der Waals surface area contributed by atoms with E-state index in [1.54, 1.807) is 15.6 Å². The molecular formula is C13H17N3O2. The summed E-state index contributed by atoms with van der Waals surface area (Å²) in [5.74, 6) is -0.0350. The molecule has 0 fully saturated rings. The quantitative estimate of drug-likeness (QED) is 0.863. The fourth-order valence-corrected chi connectivity index (χ4v) is 1.93. The summed E-state index contributed by atoms with van der Waals surface area (Å²) in [6.45, 7) is 3.22. The second-order valence-corrected chi connectivity index (χ2v) is 4.05. The Hall–Kier alpha value is -1.88. The summed E-state index contributed by atoms with van der Waals surface area (Å²) in [6.07, 6.45) is 4.01. The van der Waals surface area contributed by atoms with E-state index in [0.717, 1.165) is 5.52 Å². The van der Waals surface area contributed by atoms with E-state index in [0.29, 0.717) is 25.1 Å². The average molecular weight is 247 g/mol. The van der Waals surface area contributed by atoms with Gasteiger partial charge in [-0.1, -0.05) is 6.07 Å². The van der Waals surface area contributed by atoms with E-state index < -0.39 is 0 Å². The second kappa shape index (κ2) is 5.64. The summed E-state index contributed by atoms with van der Waals surface area (Å²) < 4.78 is 1.69. The summed E-state index contributed by atoms with van der Waals surface area (Å²) in [6, 6.07) is 5.63. The predicted molar refractivity (Wildman–Crippen MR) is 68.5 cm³/mol. The summed E-state index contributed by atoms with van der Waals surface area (Å²) in [7, 11) is 0. The lowest BCUT2D eigenvalue weighted by Gasteiger charge is -2.19. The summed E-state index contributed by atoms with van der Waals surface area (Å²) in [4.78, 5) is 14.1. The minimum absolute atomic E-state index is 0.0350. The zero-order valence-corrected chi connectivity index (χ0v) is 10.4. The molecule has 96 valence electrons. The van der Waals surface area contributed by atoms with Crippen molar-refractivity contribution in [3.8, 4) is 0 Å². The molecule has 0 saturated heterocycles. The number of aliphatic hydroxyl groups is 1. The third-order valence-corrected chi connectivity index (χ3v) is 2.91. The Morgan fingerprint density at radius 3 is 3.06 bits per heavy atom. The number of hydrogen-bond donors (Lipinski definition) is 1. The van der Waals surface area contributed by atoms with Crippen molar-refractivity contribution in [3.05, 3.63) is 36.2 Å². The first-order valence-corrected chi connectivity index (χ1v) is 6.10. The Bertz CT molecular complexity index is 536. The Morgan fingerprint density at radius 1 is 1.50 bits per heavy atom. The van der Waals surface area contributed by atoms with Crippen molar-refractivity contribution in [2.24, 2.45) is 0 Å². The highest BCUT2D eigenvalue weighted by Gasteiger charge is 2.17. The van der Waals surface area contributed by atoms with Crippen LogP contribution in [0.25, 0.3) is 5.52 Å². The van der Waals surface area contributed by atoms with E-state index in [9.17, 15) is 4.79 Å². The van der Waals surface area contributed by atoms with Crippen LogP contribution in [0.2, 0.25) is 0 Å². The Kier molecular flexibility index (Phi) is 3.94. The molecule has 0 aromatic carbocycles. The average Bonchev–Trinajstić information content (AvgIpc) is 2.83. The van der Waals surface area contributed by atoms with Gasteiger partial charge >= 0.3 is 0 Å². The number of pyridine rings is 1. The standard InChI is InChI=1S/C13H17N3O2/c1-2-15(7-5-9-17)13(18)11-10-14-16-8-4-3-6-12(11)16/h3-4,6,8,10,17H,2,5,7,9H2,1H3. The number of aromatic nitrogens is 2. The van der Waals surface area contributed by atoms with E-state index in [1.165, 1.54) is 0 Å². The lowest BCUT2D eigenvalue weighted by molar-refractivity contribution is 0.0756. The molecule has 1 amide bonds. The van der Waals surface area contributed by atoms with Gasteiger partial charge in [-0.05, 0) is 25.5 Å². The molecule has 0 radical (unpaired) electrons. The summed E-state index contributed by atoms with van der Waals surface area (Å²) in [5, 5.41) is 13.0. The van der Waals surface area contributed by atoms with Crippen LogP contribution in [-0.4, -0.2) is 45.2 Å². The van der Waals surface area contributed by atoms with Gasteiger partial charge < -0.3 is 10.0 Å². The van der Waals surface area contributed by atoms with Crippen molar-refractivity contribution >= 4 is 11.4 Å². The summed E-state index contributed by atoms with van der Waals surface area (Å²) >= 11 is 0. The molecular weight excluding hydrogens is 230 g/mol. The number of hydrogen-bond acceptors (Lipinski definition) is 3. The maximum Gasteiger partial charge on any atom is 0.257 e. The molecule has 0 saturated carbocycles. The molecule has 5 heteroatoms. The van der Waals surface area contributed by atoms with Crippen LogP contribution in [0.4, 0.5) is 0 Å². The highest BCUT2D eigenvalue weighted by Crippen LogP contribution is 2.13. The van der Waals surface area contributed by atoms with Crippen molar-refractivity contribution in [1.82, 2.24) is 14.5 Å². The molecule has 0 bridgehead atoms. The number of nitrogens with zero attached hydrogens (tertiary/aromatic N) is 3. The lowest BCUT2D eigenvalue weighted by atomic mass is 10.2. The summed E-state index contributed by atoms with van der Waals surface area (Å²) in [5.41, 5.74) is 1.42. The maximum atomic E-state index is 12.3. The van der Waals surface area contributed by atoms with Crippen LogP contribution >= 0.6 is 0 Å². The van der Waals surface area contributed by atoms with Crippen LogP contribution in [0.3, 0.4) is 0 Å². The third kappa shape index (κ3) is 2.36. The largest absolute Gasteiger partial charge is 0.396 e. The van der Waals surface area contributed by atoms with Crippen molar-refractivity contribution in [3.63, 3.8) is 0 Å². The van der Waals surface area contributed by atoms with Crippen molar-refractivity contribution in [2.45, 2.75) is 13.3 Å². The molecule has 0 unspecified atom stereocenters. The molecule has 2 rings (SSSR count). The molecule has 0 spiro atoms. The van der Waals surface area contributed by atoms with E-state index >= 15 is 0 Å². The normalized spacial score (nSPS) is 10.8. The number of amides is 1. The molecule has 0 aliphatic carbocycles. The number of fused-ring (bicyclic) bond motifs is 1. The molecule has 0 atom stereocenters. The number of aliphatic hydroxyl groups excluding tert-OH is 1. The zero-order valence-electron chi connectivity index (χ0n) is 10.4. The van der Waals surface area contributed by atoms with Crippen molar-refractivity contribution < 1.29 is 9.90 Å². The molecule has 0 aliphatic rings. The highest BCUT2D eigenvalue weighted by atomic mass is 16.3. The first-order valence-electron chi connectivity index (χ1n) is 6.10. The molecule has 18 heavy (non-hydrogen) atoms. The number of rotatable bonds is 5. The third-order valence-electron chi connectivity index (χ3n) is 2.91. The van der Waals surface area contributed by atoms with Crippen molar-refractivity contribution in [1.29, 1.82) is 0 Å². The van der Waals surface area contributed by atoms with Crippen LogP contribution in [0.5, 0.6) is 0 Å². The van der Waals surface area contributed by atoms with E-state index in [2.05, 4.69) is 5.10 Å². The van der Waals surface area contributed by atoms with E-state index in [-0.39, 0.29) is 12.5 Å². The first-order chi connectivity index (χ1) is 8.77. The smallest absolute Gasteiger partial charge is 0.257 e. The van der Waals surface area contributed by atoms with Gasteiger partial charge in [0, 0.05) is 25.9 Å². The predicted octanol–water partition coefficient (Wildman–Crippen LogP) is 1.18. The second-order valence-electron chi connectivity index (χ2n) is 4.05. The molecule has 5 nitrogen and oxygen atoms in total. The molecule has 2 aromatic heterocycles. The lowest BCUT2D eigenvalue weighted by Crippen LogP contribution is -2.32. The zero-order chi connectivity index (χ0) is 13.0. The van der Waals surface area contributed by atoms with Crippen LogP contribution in [0, 0.1) is 0 Å². The van der Waals surface area contributed by atoms with Gasteiger partial charge in [0.25, 0.3) is 5.91 Å². The van der Waals surface area contributed by atoms with E-state index in [1.807, 2.05) is 31.3 Å². The van der Waals surface area contributed by atoms with E-state index in [4.69, 9.17) is 5.11 Å². The van der Waals surface area contributed by atoms with Gasteiger partial charge in [-0.25, -0.2) is 4.52 Å². The SMILES string of the molecule is CCN(CCCO)C(=O)c1cnn2ccccc12. The van der Waals surface area contributed by atoms with Crippen LogP contribution in [0.15, 0.2) is 30.6 Å². The highest BCUT2D eigenvalue weighted by molar-refractivity contribution is 6.00. The minimum Gasteiger partial charge on any atom is -0.396 e. The Morgan fingerprint density at radius 2 is 2.33 bits per heavy atom. The number of carbonyl (C=O) groups excluding carboxylic acids is 1. The Labute approximate surface area is 106 Å². The van der Waals surface area contributed by atoms with Crippen LogP contribution in [-0.2, 0) is 0 Å². The fourth-order valence-electron chi connectivity index (χ4n) is 1.93. The minimum atomic E-state index is -0.0350. The van der Waals surface area contributed by atoms with Gasteiger partial charge in [-0.15, -0.1) is 0 Å². The topological polar surface area (TPSA) is 57.8 Å². The van der Waals surface area contributed by atoms with Crippen LogP contribution in [0.1, 0.15) is 23.7 Å². The first kappa shape index (κ1) is 12.6. The van der Waals surface area contributed by atoms with Gasteiger partial charge in [-0.3, -0.25) is 4.79 Å².